The first-order valence-electron chi connectivity index (χ1n) is 6.53. The molecule has 0 bridgehead atoms. The number of carbonyl (C=O) groups excluding carboxylic acids is 2. The second-order valence-electron chi connectivity index (χ2n) is 4.71. The Bertz CT molecular complexity index is 771. The first-order valence-corrected chi connectivity index (χ1v) is 6.53. The van der Waals surface area contributed by atoms with Crippen LogP contribution in [0.4, 0.5) is 17.1 Å². The van der Waals surface area contributed by atoms with E-state index in [2.05, 4.69) is 10.6 Å². The number of nitrogens with zero attached hydrogens (tertiary/aromatic N) is 1. The fraction of sp³-hybridized carbons (Fsp3) is 0.0667. The van der Waals surface area contributed by atoms with Crippen LogP contribution in [-0.4, -0.2) is 21.8 Å². The summed E-state index contributed by atoms with van der Waals surface area (Å²) in [5.74, 6) is -1.75. The zero-order valence-corrected chi connectivity index (χ0v) is 12.1. The molecule has 0 aliphatic rings. The molecule has 0 aliphatic carbocycles. The number of aromatic hydroxyl groups is 1. The Morgan fingerprint density at radius 1 is 1.04 bits per heavy atom. The van der Waals surface area contributed by atoms with Gasteiger partial charge in [-0.1, -0.05) is 0 Å². The van der Waals surface area contributed by atoms with Crippen LogP contribution in [0.15, 0.2) is 42.5 Å². The van der Waals surface area contributed by atoms with Gasteiger partial charge < -0.3 is 15.7 Å². The summed E-state index contributed by atoms with van der Waals surface area (Å²) in [4.78, 5) is 33.6. The van der Waals surface area contributed by atoms with Gasteiger partial charge in [-0.2, -0.15) is 0 Å². The smallest absolute Gasteiger partial charge is 0.314 e. The number of rotatable bonds is 3. The van der Waals surface area contributed by atoms with Gasteiger partial charge in [0, 0.05) is 23.5 Å². The minimum absolute atomic E-state index is 0.0517. The van der Waals surface area contributed by atoms with Crippen molar-refractivity contribution in [2.75, 3.05) is 10.6 Å². The first-order chi connectivity index (χ1) is 10.9. The van der Waals surface area contributed by atoms with Crippen LogP contribution >= 0.6 is 0 Å². The number of hydrogen-bond acceptors (Lipinski definition) is 5. The van der Waals surface area contributed by atoms with Crippen LogP contribution in [0.3, 0.4) is 0 Å². The van der Waals surface area contributed by atoms with Gasteiger partial charge in [-0.3, -0.25) is 19.7 Å². The van der Waals surface area contributed by atoms with Gasteiger partial charge in [-0.25, -0.2) is 0 Å². The van der Waals surface area contributed by atoms with E-state index in [0.29, 0.717) is 11.3 Å². The summed E-state index contributed by atoms with van der Waals surface area (Å²) >= 11 is 0. The molecular formula is C15H13N3O5. The van der Waals surface area contributed by atoms with Gasteiger partial charge in [0.2, 0.25) is 0 Å². The first kappa shape index (κ1) is 16.0. The number of nitro groups is 1. The highest BCUT2D eigenvalue weighted by Crippen LogP contribution is 2.20. The summed E-state index contributed by atoms with van der Waals surface area (Å²) in [6.07, 6.45) is 0. The molecule has 23 heavy (non-hydrogen) atoms. The monoisotopic (exact) mass is 315 g/mol. The highest BCUT2D eigenvalue weighted by molar-refractivity contribution is 6.43. The SMILES string of the molecule is Cc1cc(O)ccc1NC(=O)C(=O)Nc1ccc([N+](=O)[O-])cc1. The summed E-state index contributed by atoms with van der Waals surface area (Å²) in [7, 11) is 0. The van der Waals surface area contributed by atoms with E-state index in [9.17, 15) is 24.8 Å². The number of anilines is 2. The van der Waals surface area contributed by atoms with E-state index >= 15 is 0 Å². The van der Waals surface area contributed by atoms with Gasteiger partial charge >= 0.3 is 11.8 Å². The number of phenolic OH excluding ortho intramolecular Hbond substituents is 1. The van der Waals surface area contributed by atoms with Crippen LogP contribution in [-0.2, 0) is 9.59 Å². The molecule has 2 rings (SSSR count). The summed E-state index contributed by atoms with van der Waals surface area (Å²) in [6.45, 7) is 1.67. The molecule has 0 aliphatic heterocycles. The van der Waals surface area contributed by atoms with Crippen LogP contribution in [0.5, 0.6) is 5.75 Å². The number of carbonyl (C=O) groups is 2. The van der Waals surface area contributed by atoms with Crippen LogP contribution in [0.25, 0.3) is 0 Å². The molecule has 0 aromatic heterocycles. The quantitative estimate of drug-likeness (QED) is 0.347. The fourth-order valence-electron chi connectivity index (χ4n) is 1.82. The van der Waals surface area contributed by atoms with E-state index in [4.69, 9.17) is 0 Å². The maximum absolute atomic E-state index is 11.8. The van der Waals surface area contributed by atoms with Crippen molar-refractivity contribution < 1.29 is 19.6 Å². The van der Waals surface area contributed by atoms with Crippen LogP contribution in [0.2, 0.25) is 0 Å². The third kappa shape index (κ3) is 4.03. The van der Waals surface area contributed by atoms with Crippen molar-refractivity contribution in [3.05, 3.63) is 58.1 Å². The van der Waals surface area contributed by atoms with Crippen LogP contribution < -0.4 is 10.6 Å². The summed E-state index contributed by atoms with van der Waals surface area (Å²) in [5.41, 5.74) is 1.14. The Kier molecular flexibility index (Phi) is 4.55. The lowest BCUT2D eigenvalue weighted by Crippen LogP contribution is -2.29. The molecule has 0 saturated heterocycles. The van der Waals surface area contributed by atoms with E-state index in [0.717, 1.165) is 0 Å². The van der Waals surface area contributed by atoms with E-state index in [1.54, 1.807) is 6.92 Å². The van der Waals surface area contributed by atoms with Crippen molar-refractivity contribution in [2.24, 2.45) is 0 Å². The predicted molar refractivity (Wildman–Crippen MR) is 83.2 cm³/mol. The highest BCUT2D eigenvalue weighted by Gasteiger charge is 2.15. The Morgan fingerprint density at radius 2 is 1.65 bits per heavy atom. The predicted octanol–water partition coefficient (Wildman–Crippen LogP) is 2.19. The average Bonchev–Trinajstić information content (AvgIpc) is 2.50. The number of benzene rings is 2. The maximum Gasteiger partial charge on any atom is 0.314 e. The number of nitro benzene ring substituents is 1. The lowest BCUT2D eigenvalue weighted by molar-refractivity contribution is -0.384. The molecule has 0 saturated carbocycles. The van der Waals surface area contributed by atoms with Crippen molar-refractivity contribution in [1.82, 2.24) is 0 Å². The molecular weight excluding hydrogens is 302 g/mol. The zero-order valence-electron chi connectivity index (χ0n) is 12.1. The molecule has 3 N–H and O–H groups in total. The van der Waals surface area contributed by atoms with Crippen LogP contribution in [0.1, 0.15) is 5.56 Å². The summed E-state index contributed by atoms with van der Waals surface area (Å²) in [6, 6.07) is 9.40. The molecule has 0 atom stereocenters. The van der Waals surface area contributed by atoms with Crippen molar-refractivity contribution in [2.45, 2.75) is 6.92 Å². The standard InChI is InChI=1S/C15H13N3O5/c1-9-8-12(19)6-7-13(9)17-15(21)14(20)16-10-2-4-11(5-3-10)18(22)23/h2-8,19H,1H3,(H,16,20)(H,17,21). The molecule has 2 aromatic rings. The van der Waals surface area contributed by atoms with Gasteiger partial charge in [-0.05, 0) is 42.8 Å². The average molecular weight is 315 g/mol. The molecule has 0 radical (unpaired) electrons. The molecule has 2 aromatic carbocycles. The number of nitrogens with one attached hydrogen (secondary N) is 2. The van der Waals surface area contributed by atoms with Gasteiger partial charge in [0.05, 0.1) is 4.92 Å². The number of phenols is 1. The van der Waals surface area contributed by atoms with E-state index in [1.165, 1.54) is 42.5 Å². The zero-order chi connectivity index (χ0) is 17.0. The Balaban J connectivity index is 2.02. The summed E-state index contributed by atoms with van der Waals surface area (Å²) in [5, 5.41) is 24.6. The second-order valence-corrected chi connectivity index (χ2v) is 4.71. The summed E-state index contributed by atoms with van der Waals surface area (Å²) < 4.78 is 0. The third-order valence-electron chi connectivity index (χ3n) is 3.00. The van der Waals surface area contributed by atoms with Gasteiger partial charge in [0.15, 0.2) is 0 Å². The van der Waals surface area contributed by atoms with Crippen molar-refractivity contribution in [1.29, 1.82) is 0 Å². The van der Waals surface area contributed by atoms with Crippen molar-refractivity contribution >= 4 is 28.9 Å². The molecule has 0 heterocycles. The molecule has 118 valence electrons. The molecule has 0 unspecified atom stereocenters. The third-order valence-corrected chi connectivity index (χ3v) is 3.00. The van der Waals surface area contributed by atoms with E-state index < -0.39 is 16.7 Å². The Labute approximate surface area is 130 Å². The maximum atomic E-state index is 11.8. The highest BCUT2D eigenvalue weighted by atomic mass is 16.6. The largest absolute Gasteiger partial charge is 0.508 e. The lowest BCUT2D eigenvalue weighted by atomic mass is 10.2. The van der Waals surface area contributed by atoms with Gasteiger partial charge in [-0.15, -0.1) is 0 Å². The number of amides is 2. The molecule has 0 fully saturated rings. The number of aryl methyl sites for hydroxylation is 1. The van der Waals surface area contributed by atoms with E-state index in [-0.39, 0.29) is 17.1 Å². The van der Waals surface area contributed by atoms with Crippen molar-refractivity contribution in [3.8, 4) is 5.75 Å². The molecule has 0 spiro atoms. The Hall–Kier alpha value is -3.42. The van der Waals surface area contributed by atoms with E-state index in [1.807, 2.05) is 0 Å². The topological polar surface area (TPSA) is 122 Å². The van der Waals surface area contributed by atoms with Crippen molar-refractivity contribution in [3.63, 3.8) is 0 Å². The molecule has 2 amide bonds. The van der Waals surface area contributed by atoms with Gasteiger partial charge in [0.1, 0.15) is 5.75 Å². The molecule has 8 nitrogen and oxygen atoms in total. The molecule has 8 heteroatoms. The number of non-ortho nitro benzene ring substituents is 1. The van der Waals surface area contributed by atoms with Gasteiger partial charge in [0.25, 0.3) is 5.69 Å². The fourth-order valence-corrected chi connectivity index (χ4v) is 1.82. The minimum atomic E-state index is -0.911. The second kappa shape index (κ2) is 6.56. The van der Waals surface area contributed by atoms with Crippen LogP contribution in [0, 0.1) is 17.0 Å². The minimum Gasteiger partial charge on any atom is -0.508 e. The number of hydrogen-bond donors (Lipinski definition) is 3. The Morgan fingerprint density at radius 3 is 2.22 bits per heavy atom. The lowest BCUT2D eigenvalue weighted by Gasteiger charge is -2.09. The normalized spacial score (nSPS) is 9.96.